The Bertz CT molecular complexity index is 1590. The number of amides is 1. The normalized spacial score (nSPS) is 12.5. The van der Waals surface area contributed by atoms with Crippen molar-refractivity contribution >= 4 is 38.9 Å². The topological polar surface area (TPSA) is 109 Å². The summed E-state index contributed by atoms with van der Waals surface area (Å²) in [5, 5.41) is 2.72. The van der Waals surface area contributed by atoms with Gasteiger partial charge in [0.1, 0.15) is 0 Å². The molecule has 4 aromatic rings. The molecule has 0 saturated carbocycles. The van der Waals surface area contributed by atoms with E-state index in [1.54, 1.807) is 48.5 Å². The number of anilines is 2. The number of hydrogen-bond donors (Lipinski definition) is 2. The Labute approximate surface area is 201 Å². The van der Waals surface area contributed by atoms with Gasteiger partial charge in [-0.15, -0.1) is 0 Å². The van der Waals surface area contributed by atoms with Gasteiger partial charge in [0.15, 0.2) is 11.6 Å². The lowest BCUT2D eigenvalue weighted by Gasteiger charge is -2.18. The highest BCUT2D eigenvalue weighted by Crippen LogP contribution is 2.29. The molecule has 1 aliphatic rings. The Kier molecular flexibility index (Phi) is 5.50. The van der Waals surface area contributed by atoms with E-state index in [0.29, 0.717) is 28.1 Å². The average Bonchev–Trinajstić information content (AvgIpc) is 2.88. The lowest BCUT2D eigenvalue weighted by atomic mass is 9.84. The fourth-order valence-corrected chi connectivity index (χ4v) is 4.96. The summed E-state index contributed by atoms with van der Waals surface area (Å²) in [7, 11) is -3.74. The number of fused-ring (bicyclic) bond motifs is 2. The van der Waals surface area contributed by atoms with Crippen molar-refractivity contribution in [1.82, 2.24) is 0 Å². The van der Waals surface area contributed by atoms with Crippen LogP contribution in [-0.2, 0) is 10.0 Å². The van der Waals surface area contributed by atoms with E-state index in [-0.39, 0.29) is 27.6 Å². The highest BCUT2D eigenvalue weighted by molar-refractivity contribution is 7.92. The second-order valence-electron chi connectivity index (χ2n) is 7.91. The van der Waals surface area contributed by atoms with Crippen molar-refractivity contribution in [3.05, 3.63) is 125 Å². The summed E-state index contributed by atoms with van der Waals surface area (Å²) in [5.74, 6) is -0.958. The molecular weight excluding hydrogens is 464 g/mol. The van der Waals surface area contributed by atoms with Gasteiger partial charge in [-0.3, -0.25) is 19.1 Å². The van der Waals surface area contributed by atoms with Crippen LogP contribution in [0.4, 0.5) is 11.4 Å². The molecule has 4 aromatic carbocycles. The molecule has 0 fully saturated rings. The van der Waals surface area contributed by atoms with E-state index in [1.165, 1.54) is 48.5 Å². The van der Waals surface area contributed by atoms with Crippen LogP contribution in [0.5, 0.6) is 0 Å². The van der Waals surface area contributed by atoms with Crippen LogP contribution in [0.25, 0.3) is 0 Å². The standard InChI is InChI=1S/C27H18N2O5S/c30-25-21-8-4-5-9-22(21)26(31)24-16-19(14-15-23(24)25)28-27(32)17-10-12-18(13-11-17)29-35(33,34)20-6-2-1-3-7-20/h1-16,29H,(H,28,32). The first-order valence-corrected chi connectivity index (χ1v) is 12.1. The van der Waals surface area contributed by atoms with Crippen molar-refractivity contribution < 1.29 is 22.8 Å². The number of benzene rings is 4. The van der Waals surface area contributed by atoms with Gasteiger partial charge in [0.2, 0.25) is 0 Å². The summed E-state index contributed by atoms with van der Waals surface area (Å²) in [5.41, 5.74) is 2.19. The monoisotopic (exact) mass is 482 g/mol. The molecule has 1 amide bonds. The molecule has 7 nitrogen and oxygen atoms in total. The zero-order valence-corrected chi connectivity index (χ0v) is 19.0. The smallest absolute Gasteiger partial charge is 0.261 e. The lowest BCUT2D eigenvalue weighted by molar-refractivity contribution is 0.0979. The number of carbonyl (C=O) groups excluding carboxylic acids is 3. The zero-order valence-electron chi connectivity index (χ0n) is 18.2. The highest BCUT2D eigenvalue weighted by Gasteiger charge is 2.29. The quantitative estimate of drug-likeness (QED) is 0.383. The molecule has 0 spiro atoms. The van der Waals surface area contributed by atoms with Crippen LogP contribution in [-0.4, -0.2) is 25.9 Å². The third-order valence-corrected chi connectivity index (χ3v) is 7.03. The van der Waals surface area contributed by atoms with Crippen LogP contribution in [0.15, 0.2) is 102 Å². The molecule has 0 aliphatic heterocycles. The Morgan fingerprint density at radius 2 is 1.14 bits per heavy atom. The Hall–Kier alpha value is -4.56. The molecule has 0 bridgehead atoms. The van der Waals surface area contributed by atoms with Crippen molar-refractivity contribution in [3.8, 4) is 0 Å². The van der Waals surface area contributed by atoms with Crippen molar-refractivity contribution in [2.24, 2.45) is 0 Å². The van der Waals surface area contributed by atoms with Crippen molar-refractivity contribution in [3.63, 3.8) is 0 Å². The number of sulfonamides is 1. The Balaban J connectivity index is 1.33. The van der Waals surface area contributed by atoms with Crippen LogP contribution in [0, 0.1) is 0 Å². The van der Waals surface area contributed by atoms with Gasteiger partial charge < -0.3 is 5.32 Å². The van der Waals surface area contributed by atoms with Crippen molar-refractivity contribution in [2.45, 2.75) is 4.90 Å². The minimum absolute atomic E-state index is 0.130. The number of nitrogens with one attached hydrogen (secondary N) is 2. The average molecular weight is 483 g/mol. The number of carbonyl (C=O) groups is 3. The SMILES string of the molecule is O=C(Nc1ccc2c(c1)C(=O)c1ccccc1C2=O)c1ccc(NS(=O)(=O)c2ccccc2)cc1. The molecule has 2 N–H and O–H groups in total. The molecular formula is C27H18N2O5S. The van der Waals surface area contributed by atoms with Gasteiger partial charge in [0.25, 0.3) is 15.9 Å². The minimum Gasteiger partial charge on any atom is -0.322 e. The van der Waals surface area contributed by atoms with Crippen LogP contribution in [0.3, 0.4) is 0 Å². The Morgan fingerprint density at radius 1 is 0.600 bits per heavy atom. The van der Waals surface area contributed by atoms with E-state index in [2.05, 4.69) is 10.0 Å². The van der Waals surface area contributed by atoms with Gasteiger partial charge in [-0.25, -0.2) is 8.42 Å². The predicted octanol–water partition coefficient (Wildman–Crippen LogP) is 4.52. The fraction of sp³-hybridized carbons (Fsp3) is 0. The van der Waals surface area contributed by atoms with E-state index in [0.717, 1.165) is 0 Å². The molecule has 0 unspecified atom stereocenters. The first kappa shape index (κ1) is 22.2. The van der Waals surface area contributed by atoms with Crippen molar-refractivity contribution in [1.29, 1.82) is 0 Å². The molecule has 0 saturated heterocycles. The molecule has 5 rings (SSSR count). The van der Waals surface area contributed by atoms with Crippen LogP contribution >= 0.6 is 0 Å². The maximum Gasteiger partial charge on any atom is 0.261 e. The van der Waals surface area contributed by atoms with E-state index < -0.39 is 15.9 Å². The maximum absolute atomic E-state index is 12.9. The van der Waals surface area contributed by atoms with E-state index in [4.69, 9.17) is 0 Å². The number of rotatable bonds is 5. The van der Waals surface area contributed by atoms with Gasteiger partial charge in [0, 0.05) is 39.2 Å². The number of ketones is 2. The molecule has 0 radical (unpaired) electrons. The summed E-state index contributed by atoms with van der Waals surface area (Å²) in [6.45, 7) is 0. The molecule has 0 aromatic heterocycles. The summed E-state index contributed by atoms with van der Waals surface area (Å²) in [6.07, 6.45) is 0. The third-order valence-electron chi connectivity index (χ3n) is 5.64. The lowest BCUT2D eigenvalue weighted by Crippen LogP contribution is -2.21. The number of hydrogen-bond acceptors (Lipinski definition) is 5. The molecule has 8 heteroatoms. The summed E-state index contributed by atoms with van der Waals surface area (Å²) in [4.78, 5) is 38.5. The first-order chi connectivity index (χ1) is 16.8. The van der Waals surface area contributed by atoms with E-state index in [9.17, 15) is 22.8 Å². The van der Waals surface area contributed by atoms with Gasteiger partial charge in [0.05, 0.1) is 4.90 Å². The highest BCUT2D eigenvalue weighted by atomic mass is 32.2. The third kappa shape index (κ3) is 4.22. The fourth-order valence-electron chi connectivity index (χ4n) is 3.88. The van der Waals surface area contributed by atoms with Crippen LogP contribution in [0.2, 0.25) is 0 Å². The maximum atomic E-state index is 12.9. The van der Waals surface area contributed by atoms with Gasteiger partial charge in [-0.1, -0.05) is 42.5 Å². The van der Waals surface area contributed by atoms with Gasteiger partial charge in [-0.05, 0) is 54.6 Å². The van der Waals surface area contributed by atoms with E-state index >= 15 is 0 Å². The van der Waals surface area contributed by atoms with Crippen LogP contribution in [0.1, 0.15) is 42.2 Å². The molecule has 0 heterocycles. The largest absolute Gasteiger partial charge is 0.322 e. The summed E-state index contributed by atoms with van der Waals surface area (Å²) >= 11 is 0. The minimum atomic E-state index is -3.74. The summed E-state index contributed by atoms with van der Waals surface area (Å²) in [6, 6.07) is 25.1. The van der Waals surface area contributed by atoms with Gasteiger partial charge >= 0.3 is 0 Å². The Morgan fingerprint density at radius 3 is 1.80 bits per heavy atom. The molecule has 172 valence electrons. The zero-order chi connectivity index (χ0) is 24.6. The second-order valence-corrected chi connectivity index (χ2v) is 9.60. The predicted molar refractivity (Wildman–Crippen MR) is 131 cm³/mol. The molecule has 1 aliphatic carbocycles. The van der Waals surface area contributed by atoms with Crippen LogP contribution < -0.4 is 10.0 Å². The molecule has 0 atom stereocenters. The second kappa shape index (κ2) is 8.66. The van der Waals surface area contributed by atoms with Gasteiger partial charge in [-0.2, -0.15) is 0 Å². The first-order valence-electron chi connectivity index (χ1n) is 10.7. The molecule has 35 heavy (non-hydrogen) atoms. The van der Waals surface area contributed by atoms with Crippen molar-refractivity contribution in [2.75, 3.05) is 10.0 Å². The summed E-state index contributed by atoms with van der Waals surface area (Å²) < 4.78 is 27.4. The van der Waals surface area contributed by atoms with E-state index in [1.807, 2.05) is 0 Å².